The molecule has 8 nitrogen and oxygen atoms in total. The fourth-order valence-corrected chi connectivity index (χ4v) is 3.70. The van der Waals surface area contributed by atoms with Crippen LogP contribution in [0.15, 0.2) is 47.6 Å². The van der Waals surface area contributed by atoms with Gasteiger partial charge in [0, 0.05) is 19.3 Å². The van der Waals surface area contributed by atoms with Gasteiger partial charge in [-0.3, -0.25) is 9.59 Å². The number of fused-ring (bicyclic) bond motifs is 1. The van der Waals surface area contributed by atoms with Crippen LogP contribution in [0.4, 0.5) is 0 Å². The summed E-state index contributed by atoms with van der Waals surface area (Å²) >= 11 is 0. The SMILES string of the molecule is COc1ccc(C2=NN(CCC(=O)N[C@@H](C)c3ccc4c(c3)OCCO4)C(=O)CC2)cc1. The lowest BCUT2D eigenvalue weighted by Gasteiger charge is -2.24. The van der Waals surface area contributed by atoms with Gasteiger partial charge in [0.05, 0.1) is 25.4 Å². The first kappa shape index (κ1) is 21.7. The lowest BCUT2D eigenvalue weighted by atomic mass is 10.0. The molecule has 0 unspecified atom stereocenters. The highest BCUT2D eigenvalue weighted by Gasteiger charge is 2.22. The minimum Gasteiger partial charge on any atom is -0.497 e. The summed E-state index contributed by atoms with van der Waals surface area (Å²) < 4.78 is 16.3. The van der Waals surface area contributed by atoms with E-state index in [4.69, 9.17) is 14.2 Å². The molecule has 0 bridgehead atoms. The van der Waals surface area contributed by atoms with Crippen molar-refractivity contribution in [1.29, 1.82) is 0 Å². The van der Waals surface area contributed by atoms with Crippen LogP contribution in [0.3, 0.4) is 0 Å². The average molecular weight is 437 g/mol. The van der Waals surface area contributed by atoms with Gasteiger partial charge >= 0.3 is 0 Å². The number of ether oxygens (including phenoxy) is 3. The minimum absolute atomic E-state index is 0.0741. The van der Waals surface area contributed by atoms with E-state index in [-0.39, 0.29) is 30.8 Å². The first-order valence-electron chi connectivity index (χ1n) is 10.7. The smallest absolute Gasteiger partial charge is 0.243 e. The number of hydrazone groups is 1. The lowest BCUT2D eigenvalue weighted by molar-refractivity contribution is -0.132. The Labute approximate surface area is 187 Å². The number of hydrogen-bond acceptors (Lipinski definition) is 6. The highest BCUT2D eigenvalue weighted by Crippen LogP contribution is 2.32. The minimum atomic E-state index is -0.200. The molecule has 2 aromatic rings. The lowest BCUT2D eigenvalue weighted by Crippen LogP contribution is -2.36. The summed E-state index contributed by atoms with van der Waals surface area (Å²) in [7, 11) is 1.62. The molecule has 2 aromatic carbocycles. The summed E-state index contributed by atoms with van der Waals surface area (Å²) in [6, 6.07) is 13.0. The third kappa shape index (κ3) is 5.01. The summed E-state index contributed by atoms with van der Waals surface area (Å²) in [4.78, 5) is 24.8. The normalized spacial score (nSPS) is 16.2. The monoisotopic (exact) mass is 437 g/mol. The van der Waals surface area contributed by atoms with Crippen molar-refractivity contribution >= 4 is 17.5 Å². The molecular formula is C24H27N3O5. The molecule has 2 aliphatic heterocycles. The Morgan fingerprint density at radius 2 is 1.88 bits per heavy atom. The Bertz CT molecular complexity index is 1020. The van der Waals surface area contributed by atoms with Gasteiger partial charge in [0.15, 0.2) is 11.5 Å². The largest absolute Gasteiger partial charge is 0.497 e. The van der Waals surface area contributed by atoms with Crippen molar-refractivity contribution in [2.24, 2.45) is 5.10 Å². The Balaban J connectivity index is 1.34. The van der Waals surface area contributed by atoms with Crippen LogP contribution < -0.4 is 19.5 Å². The second kappa shape index (κ2) is 9.72. The highest BCUT2D eigenvalue weighted by molar-refractivity contribution is 6.04. The third-order valence-corrected chi connectivity index (χ3v) is 5.52. The van der Waals surface area contributed by atoms with Crippen molar-refractivity contribution in [3.63, 3.8) is 0 Å². The molecule has 2 amide bonds. The molecule has 1 atom stereocenters. The van der Waals surface area contributed by atoms with Crippen LogP contribution in [-0.4, -0.2) is 49.4 Å². The van der Waals surface area contributed by atoms with Gasteiger partial charge in [0.25, 0.3) is 0 Å². The van der Waals surface area contributed by atoms with E-state index in [0.717, 1.165) is 22.6 Å². The Morgan fingerprint density at radius 1 is 1.12 bits per heavy atom. The number of methoxy groups -OCH3 is 1. The maximum atomic E-state index is 12.5. The Morgan fingerprint density at radius 3 is 2.62 bits per heavy atom. The van der Waals surface area contributed by atoms with Crippen LogP contribution in [0, 0.1) is 0 Å². The summed E-state index contributed by atoms with van der Waals surface area (Å²) in [5, 5.41) is 8.87. The van der Waals surface area contributed by atoms with Gasteiger partial charge in [0.2, 0.25) is 11.8 Å². The van der Waals surface area contributed by atoms with Gasteiger partial charge in [0.1, 0.15) is 19.0 Å². The number of nitrogens with zero attached hydrogens (tertiary/aromatic N) is 2. The molecule has 0 radical (unpaired) electrons. The highest BCUT2D eigenvalue weighted by atomic mass is 16.6. The second-order valence-electron chi connectivity index (χ2n) is 7.73. The van der Waals surface area contributed by atoms with Crippen molar-refractivity contribution < 1.29 is 23.8 Å². The first-order valence-corrected chi connectivity index (χ1v) is 10.7. The predicted octanol–water partition coefficient (Wildman–Crippen LogP) is 3.06. The molecule has 0 aliphatic carbocycles. The van der Waals surface area contributed by atoms with Crippen LogP contribution in [0.25, 0.3) is 0 Å². The molecule has 4 rings (SSSR count). The van der Waals surface area contributed by atoms with Gasteiger partial charge in [-0.2, -0.15) is 5.10 Å². The van der Waals surface area contributed by atoms with Gasteiger partial charge < -0.3 is 19.5 Å². The van der Waals surface area contributed by atoms with E-state index >= 15 is 0 Å². The van der Waals surface area contributed by atoms with Crippen molar-refractivity contribution in [3.05, 3.63) is 53.6 Å². The first-order chi connectivity index (χ1) is 15.5. The standard InChI is InChI=1S/C24H27N3O5/c1-16(18-5-9-21-22(15-18)32-14-13-31-21)25-23(28)11-12-27-24(29)10-8-20(26-27)17-3-6-19(30-2)7-4-17/h3-7,9,15-16H,8,10-14H2,1-2H3,(H,25,28)/t16-/m0/s1. The predicted molar refractivity (Wildman–Crippen MR) is 119 cm³/mol. The fourth-order valence-electron chi connectivity index (χ4n) is 3.70. The van der Waals surface area contributed by atoms with Gasteiger partial charge in [-0.05, 0) is 54.4 Å². The van der Waals surface area contributed by atoms with Crippen LogP contribution in [-0.2, 0) is 9.59 Å². The molecule has 0 saturated heterocycles. The number of rotatable bonds is 7. The van der Waals surface area contributed by atoms with E-state index in [1.54, 1.807) is 7.11 Å². The van der Waals surface area contributed by atoms with Gasteiger partial charge in [-0.25, -0.2) is 5.01 Å². The van der Waals surface area contributed by atoms with Crippen molar-refractivity contribution in [2.75, 3.05) is 26.9 Å². The summed E-state index contributed by atoms with van der Waals surface area (Å²) in [6.45, 7) is 3.20. The molecule has 0 fully saturated rings. The fraction of sp³-hybridized carbons (Fsp3) is 0.375. The molecule has 2 heterocycles. The molecule has 1 N–H and O–H groups in total. The van der Waals surface area contributed by atoms with Crippen LogP contribution in [0.5, 0.6) is 17.2 Å². The summed E-state index contributed by atoms with van der Waals surface area (Å²) in [5.41, 5.74) is 2.70. The molecule has 32 heavy (non-hydrogen) atoms. The molecule has 0 aromatic heterocycles. The number of hydrogen-bond donors (Lipinski definition) is 1. The molecule has 2 aliphatic rings. The quantitative estimate of drug-likeness (QED) is 0.719. The average Bonchev–Trinajstić information content (AvgIpc) is 2.83. The topological polar surface area (TPSA) is 89.5 Å². The number of nitrogens with one attached hydrogen (secondary N) is 1. The van der Waals surface area contributed by atoms with E-state index < -0.39 is 0 Å². The number of amides is 2. The second-order valence-corrected chi connectivity index (χ2v) is 7.73. The van der Waals surface area contributed by atoms with E-state index in [0.29, 0.717) is 37.6 Å². The van der Waals surface area contributed by atoms with Gasteiger partial charge in [-0.1, -0.05) is 6.07 Å². The summed E-state index contributed by atoms with van der Waals surface area (Å²) in [6.07, 6.45) is 1.12. The number of benzene rings is 2. The third-order valence-electron chi connectivity index (χ3n) is 5.52. The maximum absolute atomic E-state index is 12.5. The Kier molecular flexibility index (Phi) is 6.58. The van der Waals surface area contributed by atoms with Crippen LogP contribution in [0.2, 0.25) is 0 Å². The van der Waals surface area contributed by atoms with Crippen molar-refractivity contribution in [3.8, 4) is 17.2 Å². The number of carbonyl (C=O) groups excluding carboxylic acids is 2. The maximum Gasteiger partial charge on any atom is 0.243 e. The van der Waals surface area contributed by atoms with Crippen LogP contribution >= 0.6 is 0 Å². The molecule has 0 spiro atoms. The Hall–Kier alpha value is -3.55. The molecule has 8 heteroatoms. The zero-order valence-electron chi connectivity index (χ0n) is 18.3. The zero-order chi connectivity index (χ0) is 22.5. The van der Waals surface area contributed by atoms with Crippen LogP contribution in [0.1, 0.15) is 43.4 Å². The molecular weight excluding hydrogens is 410 g/mol. The number of carbonyl (C=O) groups is 2. The van der Waals surface area contributed by atoms with E-state index in [1.807, 2.05) is 49.4 Å². The van der Waals surface area contributed by atoms with E-state index in [9.17, 15) is 9.59 Å². The molecule has 168 valence electrons. The van der Waals surface area contributed by atoms with E-state index in [1.165, 1.54) is 5.01 Å². The van der Waals surface area contributed by atoms with Crippen molar-refractivity contribution in [1.82, 2.24) is 10.3 Å². The van der Waals surface area contributed by atoms with Crippen molar-refractivity contribution in [2.45, 2.75) is 32.2 Å². The zero-order valence-corrected chi connectivity index (χ0v) is 18.3. The van der Waals surface area contributed by atoms with Gasteiger partial charge in [-0.15, -0.1) is 0 Å². The van der Waals surface area contributed by atoms with E-state index in [2.05, 4.69) is 10.4 Å². The summed E-state index contributed by atoms with van der Waals surface area (Å²) in [5.74, 6) is 1.95. The molecule has 0 saturated carbocycles.